The molecule has 5 nitrogen and oxygen atoms in total. The van der Waals surface area contributed by atoms with Crippen molar-refractivity contribution in [1.82, 2.24) is 10.6 Å². The maximum absolute atomic E-state index is 10.3. The first kappa shape index (κ1) is 18.7. The number of hydrogen-bond acceptors (Lipinski definition) is 2. The van der Waals surface area contributed by atoms with Crippen molar-refractivity contribution in [3.63, 3.8) is 0 Å². The number of hydrogen-bond donors (Lipinski definition) is 4. The number of carbonyl (C=O) groups is 1. The summed E-state index contributed by atoms with van der Waals surface area (Å²) < 4.78 is 0. The van der Waals surface area contributed by atoms with Crippen LogP contribution >= 0.6 is 0 Å². The molecule has 0 radical (unpaired) electrons. The van der Waals surface area contributed by atoms with Crippen LogP contribution in [0.1, 0.15) is 71.1 Å². The van der Waals surface area contributed by atoms with Crippen molar-refractivity contribution >= 4 is 11.9 Å². The smallest absolute Gasteiger partial charge is 0.322 e. The van der Waals surface area contributed by atoms with Crippen LogP contribution in [0.15, 0.2) is 0 Å². The molecule has 20 heavy (non-hydrogen) atoms. The van der Waals surface area contributed by atoms with E-state index in [9.17, 15) is 4.79 Å². The molecule has 118 valence electrons. The first-order valence-corrected chi connectivity index (χ1v) is 7.95. The van der Waals surface area contributed by atoms with Gasteiger partial charge in [0, 0.05) is 6.54 Å². The largest absolute Gasteiger partial charge is 0.480 e. The van der Waals surface area contributed by atoms with E-state index in [1.54, 1.807) is 0 Å². The molecule has 0 heterocycles. The van der Waals surface area contributed by atoms with Crippen molar-refractivity contribution in [3.05, 3.63) is 0 Å². The Labute approximate surface area is 123 Å². The molecule has 0 aliphatic heterocycles. The average Bonchev–Trinajstić information content (AvgIpc) is 2.42. The third-order valence-electron chi connectivity index (χ3n) is 3.25. The highest BCUT2D eigenvalue weighted by atomic mass is 16.4. The minimum Gasteiger partial charge on any atom is -0.480 e. The third kappa shape index (κ3) is 14.8. The summed E-state index contributed by atoms with van der Waals surface area (Å²) in [6.07, 6.45) is 12.9. The molecule has 4 N–H and O–H groups in total. The van der Waals surface area contributed by atoms with Gasteiger partial charge in [0.05, 0.1) is 0 Å². The average molecular weight is 285 g/mol. The number of aliphatic carboxylic acids is 1. The highest BCUT2D eigenvalue weighted by Crippen LogP contribution is 2.10. The van der Waals surface area contributed by atoms with Crippen molar-refractivity contribution < 1.29 is 9.90 Å². The van der Waals surface area contributed by atoms with Gasteiger partial charge in [-0.15, -0.1) is 0 Å². The summed E-state index contributed by atoms with van der Waals surface area (Å²) in [7, 11) is 0. The number of nitrogens with one attached hydrogen (secondary N) is 3. The fourth-order valence-electron chi connectivity index (χ4n) is 2.05. The molecule has 0 aliphatic carbocycles. The summed E-state index contributed by atoms with van der Waals surface area (Å²) in [5.74, 6) is -0.848. The molecular weight excluding hydrogens is 254 g/mol. The van der Waals surface area contributed by atoms with Crippen LogP contribution in [0.3, 0.4) is 0 Å². The van der Waals surface area contributed by atoms with E-state index in [2.05, 4.69) is 17.6 Å². The standard InChI is InChI=1S/C15H31N3O2/c1-2-3-4-5-6-7-8-9-10-11-12-17-15(16)18-13-14(19)20/h2-13H2,1H3,(H,19,20)(H3,16,17,18). The van der Waals surface area contributed by atoms with E-state index in [1.807, 2.05) is 0 Å². The summed E-state index contributed by atoms with van der Waals surface area (Å²) in [6.45, 7) is 2.77. The zero-order valence-corrected chi connectivity index (χ0v) is 12.8. The van der Waals surface area contributed by atoms with Crippen molar-refractivity contribution in [3.8, 4) is 0 Å². The molecule has 0 saturated carbocycles. The third-order valence-corrected chi connectivity index (χ3v) is 3.25. The first-order valence-electron chi connectivity index (χ1n) is 7.95. The van der Waals surface area contributed by atoms with E-state index in [0.717, 1.165) is 13.0 Å². The number of guanidine groups is 1. The summed E-state index contributed by atoms with van der Waals surface area (Å²) in [6, 6.07) is 0. The van der Waals surface area contributed by atoms with Crippen molar-refractivity contribution in [2.24, 2.45) is 0 Å². The van der Waals surface area contributed by atoms with Crippen LogP contribution in [-0.4, -0.2) is 30.1 Å². The van der Waals surface area contributed by atoms with Crippen LogP contribution in [0, 0.1) is 5.41 Å². The summed E-state index contributed by atoms with van der Waals surface area (Å²) in [5, 5.41) is 21.2. The minimum atomic E-state index is -0.949. The van der Waals surface area contributed by atoms with E-state index in [-0.39, 0.29) is 12.5 Å². The Balaban J connectivity index is 3.12. The zero-order valence-electron chi connectivity index (χ0n) is 12.8. The van der Waals surface area contributed by atoms with Crippen molar-refractivity contribution in [1.29, 1.82) is 5.41 Å². The van der Waals surface area contributed by atoms with Gasteiger partial charge in [-0.25, -0.2) is 0 Å². The fourth-order valence-corrected chi connectivity index (χ4v) is 2.05. The lowest BCUT2D eigenvalue weighted by molar-refractivity contribution is -0.135. The van der Waals surface area contributed by atoms with Crippen LogP contribution in [0.25, 0.3) is 0 Å². The highest BCUT2D eigenvalue weighted by Gasteiger charge is 1.98. The number of unbranched alkanes of at least 4 members (excludes halogenated alkanes) is 9. The molecule has 0 atom stereocenters. The molecule has 0 unspecified atom stereocenters. The monoisotopic (exact) mass is 285 g/mol. The van der Waals surface area contributed by atoms with Crippen LogP contribution in [0.4, 0.5) is 0 Å². The van der Waals surface area contributed by atoms with Crippen molar-refractivity contribution in [2.45, 2.75) is 71.1 Å². The molecule has 0 aromatic heterocycles. The molecule has 0 fully saturated rings. The SMILES string of the molecule is CCCCCCCCCCCCNC(=N)NCC(=O)O. The van der Waals surface area contributed by atoms with E-state index in [0.29, 0.717) is 0 Å². The summed E-state index contributed by atoms with van der Waals surface area (Å²) >= 11 is 0. The lowest BCUT2D eigenvalue weighted by atomic mass is 10.1. The topological polar surface area (TPSA) is 85.2 Å². The Morgan fingerprint density at radius 3 is 1.90 bits per heavy atom. The van der Waals surface area contributed by atoms with Gasteiger partial charge >= 0.3 is 5.97 Å². The lowest BCUT2D eigenvalue weighted by Gasteiger charge is -2.08. The molecule has 0 bridgehead atoms. The quantitative estimate of drug-likeness (QED) is 0.238. The van der Waals surface area contributed by atoms with Gasteiger partial charge in [-0.05, 0) is 6.42 Å². The Kier molecular flexibility index (Phi) is 13.3. The highest BCUT2D eigenvalue weighted by molar-refractivity contribution is 5.81. The second-order valence-electron chi connectivity index (χ2n) is 5.23. The van der Waals surface area contributed by atoms with Gasteiger partial charge in [0.2, 0.25) is 0 Å². The van der Waals surface area contributed by atoms with Gasteiger partial charge in [0.1, 0.15) is 6.54 Å². The van der Waals surface area contributed by atoms with Gasteiger partial charge in [0.25, 0.3) is 0 Å². The predicted molar refractivity (Wildman–Crippen MR) is 83.2 cm³/mol. The Morgan fingerprint density at radius 1 is 0.900 bits per heavy atom. The second-order valence-corrected chi connectivity index (χ2v) is 5.23. The number of rotatable bonds is 13. The van der Waals surface area contributed by atoms with Crippen LogP contribution in [0.5, 0.6) is 0 Å². The Morgan fingerprint density at radius 2 is 1.40 bits per heavy atom. The summed E-state index contributed by atoms with van der Waals surface area (Å²) in [5.41, 5.74) is 0. The van der Waals surface area contributed by atoms with Crippen LogP contribution in [-0.2, 0) is 4.79 Å². The fraction of sp³-hybridized carbons (Fsp3) is 0.867. The van der Waals surface area contributed by atoms with E-state index in [4.69, 9.17) is 10.5 Å². The Hall–Kier alpha value is -1.26. The zero-order chi connectivity index (χ0) is 15.1. The minimum absolute atomic E-state index is 0.100. The van der Waals surface area contributed by atoms with Crippen LogP contribution < -0.4 is 10.6 Å². The van der Waals surface area contributed by atoms with Gasteiger partial charge < -0.3 is 15.7 Å². The molecular formula is C15H31N3O2. The lowest BCUT2D eigenvalue weighted by Crippen LogP contribution is -2.39. The maximum atomic E-state index is 10.3. The molecule has 0 amide bonds. The van der Waals surface area contributed by atoms with Gasteiger partial charge in [-0.1, -0.05) is 64.7 Å². The van der Waals surface area contributed by atoms with E-state index in [1.165, 1.54) is 57.8 Å². The summed E-state index contributed by atoms with van der Waals surface area (Å²) in [4.78, 5) is 10.3. The molecule has 0 saturated heterocycles. The molecule has 0 rings (SSSR count). The molecule has 0 aromatic rings. The second kappa shape index (κ2) is 14.2. The molecule has 5 heteroatoms. The molecule has 0 aliphatic rings. The molecule has 0 spiro atoms. The number of carboxylic acid groups (broad SMARTS) is 1. The van der Waals surface area contributed by atoms with Gasteiger partial charge in [-0.3, -0.25) is 10.2 Å². The maximum Gasteiger partial charge on any atom is 0.322 e. The number of carboxylic acids is 1. The van der Waals surface area contributed by atoms with Gasteiger partial charge in [0.15, 0.2) is 5.96 Å². The predicted octanol–water partition coefficient (Wildman–Crippen LogP) is 3.11. The Bertz CT molecular complexity index is 258. The normalized spacial score (nSPS) is 10.2. The van der Waals surface area contributed by atoms with Crippen LogP contribution in [0.2, 0.25) is 0 Å². The first-order chi connectivity index (χ1) is 9.66. The van der Waals surface area contributed by atoms with E-state index < -0.39 is 5.97 Å². The molecule has 0 aromatic carbocycles. The van der Waals surface area contributed by atoms with Gasteiger partial charge in [-0.2, -0.15) is 0 Å². The van der Waals surface area contributed by atoms with Crippen molar-refractivity contribution in [2.75, 3.05) is 13.1 Å². The van der Waals surface area contributed by atoms with E-state index >= 15 is 0 Å².